The number of aromatic nitrogens is 1. The highest BCUT2D eigenvalue weighted by Crippen LogP contribution is 2.59. The fourth-order valence-corrected chi connectivity index (χ4v) is 9.80. The third kappa shape index (κ3) is 8.13. The van der Waals surface area contributed by atoms with Gasteiger partial charge in [0.1, 0.15) is 29.3 Å². The zero-order valence-corrected chi connectivity index (χ0v) is 34.5. The van der Waals surface area contributed by atoms with Gasteiger partial charge in [-0.3, -0.25) is 38.7 Å². The van der Waals surface area contributed by atoms with E-state index in [1.807, 2.05) is 6.07 Å². The number of alkyl halides is 3. The van der Waals surface area contributed by atoms with Crippen molar-refractivity contribution in [1.29, 1.82) is 5.26 Å². The van der Waals surface area contributed by atoms with Crippen LogP contribution >= 0.6 is 0 Å². The number of carbonyl (C=O) groups excluding carboxylic acids is 5. The number of nitriles is 1. The Balaban J connectivity index is 0.920. The number of unbranched alkanes of at least 4 members (excludes halogenated alkanes) is 2. The molecule has 1 unspecified atom stereocenters. The second-order valence-corrected chi connectivity index (χ2v) is 17.2. The number of primary amides is 1. The number of amides is 5. The zero-order valence-electron chi connectivity index (χ0n) is 34.5. The summed E-state index contributed by atoms with van der Waals surface area (Å²) < 4.78 is 53.2. The molecule has 1 saturated carbocycles. The van der Waals surface area contributed by atoms with Crippen LogP contribution in [0.3, 0.4) is 0 Å². The van der Waals surface area contributed by atoms with E-state index < -0.39 is 75.9 Å². The molecule has 4 heterocycles. The number of benzene rings is 2. The van der Waals surface area contributed by atoms with E-state index in [9.17, 15) is 42.4 Å². The number of ether oxygens (including phenoxy) is 2. The van der Waals surface area contributed by atoms with Gasteiger partial charge in [-0.2, -0.15) is 18.4 Å². The number of halogens is 3. The molecule has 322 valence electrons. The first kappa shape index (κ1) is 43.1. The van der Waals surface area contributed by atoms with Crippen molar-refractivity contribution in [3.8, 4) is 17.6 Å². The van der Waals surface area contributed by atoms with E-state index in [0.29, 0.717) is 12.4 Å². The van der Waals surface area contributed by atoms with Gasteiger partial charge in [0.15, 0.2) is 0 Å². The average Bonchev–Trinajstić information content (AvgIpc) is 3.47. The molecule has 2 aromatic carbocycles. The van der Waals surface area contributed by atoms with E-state index in [1.165, 1.54) is 18.2 Å². The summed E-state index contributed by atoms with van der Waals surface area (Å²) >= 11 is 0. The fraction of sp³-hybridized carbons (Fsp3) is 0.477. The molecule has 3 fully saturated rings. The lowest BCUT2D eigenvalue weighted by Crippen LogP contribution is -2.77. The van der Waals surface area contributed by atoms with Gasteiger partial charge < -0.3 is 20.1 Å². The molecule has 14 nitrogen and oxygen atoms in total. The summed E-state index contributed by atoms with van der Waals surface area (Å²) in [6, 6.07) is 10.7. The first-order valence-corrected chi connectivity index (χ1v) is 20.4. The van der Waals surface area contributed by atoms with Crippen molar-refractivity contribution in [2.24, 2.45) is 16.6 Å². The Labute approximate surface area is 351 Å². The summed E-state index contributed by atoms with van der Waals surface area (Å²) in [5.74, 6) is -2.76. The Morgan fingerprint density at radius 3 is 2.21 bits per heavy atom. The van der Waals surface area contributed by atoms with Crippen LogP contribution < -0.4 is 20.1 Å². The molecule has 3 aromatic rings. The van der Waals surface area contributed by atoms with Crippen LogP contribution in [-0.4, -0.2) is 107 Å². The number of nitrogens with two attached hydrogens (primary N) is 1. The number of piperidine rings is 1. The molecular formula is C44H48F3N7O7. The maximum Gasteiger partial charge on any atom is 0.417 e. The number of fused-ring (bicyclic) bond motifs is 1. The van der Waals surface area contributed by atoms with Crippen LogP contribution in [0.25, 0.3) is 0 Å². The van der Waals surface area contributed by atoms with Gasteiger partial charge in [0.25, 0.3) is 23.6 Å². The largest absolute Gasteiger partial charge is 0.494 e. The molecule has 1 atom stereocenters. The van der Waals surface area contributed by atoms with Crippen molar-refractivity contribution < 1.29 is 46.6 Å². The number of pyridine rings is 1. The van der Waals surface area contributed by atoms with Gasteiger partial charge in [0, 0.05) is 43.4 Å². The monoisotopic (exact) mass is 843 g/mol. The van der Waals surface area contributed by atoms with Crippen LogP contribution in [0.15, 0.2) is 54.7 Å². The van der Waals surface area contributed by atoms with E-state index in [-0.39, 0.29) is 35.4 Å². The number of anilines is 1. The number of hydrogen-bond acceptors (Lipinski definition) is 11. The van der Waals surface area contributed by atoms with E-state index in [2.05, 4.69) is 14.8 Å². The van der Waals surface area contributed by atoms with Crippen molar-refractivity contribution >= 4 is 35.2 Å². The van der Waals surface area contributed by atoms with E-state index >= 15 is 0 Å². The van der Waals surface area contributed by atoms with Crippen LogP contribution in [0.2, 0.25) is 0 Å². The van der Waals surface area contributed by atoms with Gasteiger partial charge in [-0.05, 0) is 80.8 Å². The van der Waals surface area contributed by atoms with Crippen molar-refractivity contribution in [1.82, 2.24) is 19.7 Å². The maximum absolute atomic E-state index is 14.3. The number of imide groups is 2. The topological polar surface area (TPSA) is 179 Å². The zero-order chi connectivity index (χ0) is 44.0. The van der Waals surface area contributed by atoms with Crippen LogP contribution in [0.4, 0.5) is 18.9 Å². The predicted octanol–water partition coefficient (Wildman–Crippen LogP) is 5.44. The second kappa shape index (κ2) is 16.4. The number of nitrogens with zero attached hydrogens (tertiary/aromatic N) is 6. The molecule has 3 aliphatic heterocycles. The summed E-state index contributed by atoms with van der Waals surface area (Å²) in [5, 5.41) is 9.21. The van der Waals surface area contributed by atoms with Gasteiger partial charge in [-0.25, -0.2) is 4.98 Å². The molecule has 1 aromatic heterocycles. The number of rotatable bonds is 13. The molecular weight excluding hydrogens is 796 g/mol. The first-order valence-electron chi connectivity index (χ1n) is 20.4. The Morgan fingerprint density at radius 1 is 0.885 bits per heavy atom. The number of piperazine rings is 1. The summed E-state index contributed by atoms with van der Waals surface area (Å²) in [5.41, 5.74) is 3.11. The van der Waals surface area contributed by atoms with Crippen LogP contribution in [-0.2, 0) is 15.8 Å². The number of carbonyl (C=O) groups is 5. The van der Waals surface area contributed by atoms with Crippen LogP contribution in [0.5, 0.6) is 11.5 Å². The van der Waals surface area contributed by atoms with Crippen LogP contribution in [0, 0.1) is 22.2 Å². The Kier molecular flexibility index (Phi) is 11.6. The molecule has 0 bridgehead atoms. The number of likely N-dealkylation sites (tertiary alicyclic amines) is 1. The standard InChI is InChI=1S/C44H48F3N7O7/c1-42(2)40(43(3,4)41(42)61-29-10-8-26(24-48)32(23-29)44(45,46)47)54-35(55)15-14-34(39(54)59)53-37(57)30-12-11-28(22-31(30)38(53)58)60-21-7-5-6-16-51-17-19-52(20-18-51)27-9-13-33(36(49)56)50-25-27/h8-13,22-23,25,34,40-41H,5-7,14-21H2,1-4H3,(H2,49,56). The summed E-state index contributed by atoms with van der Waals surface area (Å²) in [6.45, 7) is 11.8. The van der Waals surface area contributed by atoms with Gasteiger partial charge in [-0.15, -0.1) is 0 Å². The van der Waals surface area contributed by atoms with Crippen molar-refractivity contribution in [3.05, 3.63) is 82.7 Å². The van der Waals surface area contributed by atoms with Crippen molar-refractivity contribution in [2.45, 2.75) is 84.2 Å². The van der Waals surface area contributed by atoms with Gasteiger partial charge in [0.05, 0.1) is 52.9 Å². The molecule has 2 N–H and O–H groups in total. The minimum atomic E-state index is -4.79. The van der Waals surface area contributed by atoms with Gasteiger partial charge in [-0.1, -0.05) is 27.7 Å². The molecule has 7 rings (SSSR count). The lowest BCUT2D eigenvalue weighted by Gasteiger charge is -2.65. The minimum absolute atomic E-state index is 0.0542. The maximum atomic E-state index is 14.3. The highest BCUT2D eigenvalue weighted by atomic mass is 19.4. The van der Waals surface area contributed by atoms with Gasteiger partial charge >= 0.3 is 6.18 Å². The highest BCUT2D eigenvalue weighted by Gasteiger charge is 2.68. The predicted molar refractivity (Wildman–Crippen MR) is 214 cm³/mol. The lowest BCUT2D eigenvalue weighted by atomic mass is 9.48. The molecule has 5 amide bonds. The molecule has 4 aliphatic rings. The Bertz CT molecular complexity index is 2270. The van der Waals surface area contributed by atoms with Gasteiger partial charge in [0.2, 0.25) is 5.91 Å². The van der Waals surface area contributed by atoms with E-state index in [0.717, 1.165) is 79.6 Å². The summed E-state index contributed by atoms with van der Waals surface area (Å²) in [7, 11) is 0. The van der Waals surface area contributed by atoms with Crippen molar-refractivity contribution in [2.75, 3.05) is 44.2 Å². The molecule has 61 heavy (non-hydrogen) atoms. The molecule has 17 heteroatoms. The van der Waals surface area contributed by atoms with E-state index in [4.69, 9.17) is 15.2 Å². The summed E-state index contributed by atoms with van der Waals surface area (Å²) in [6.07, 6.45) is -1.38. The van der Waals surface area contributed by atoms with Crippen molar-refractivity contribution in [3.63, 3.8) is 0 Å². The highest BCUT2D eigenvalue weighted by molar-refractivity contribution is 6.23. The lowest BCUT2D eigenvalue weighted by molar-refractivity contribution is -0.216. The Hall–Kier alpha value is -6.02. The van der Waals surface area contributed by atoms with E-state index in [1.54, 1.807) is 52.1 Å². The smallest absolute Gasteiger partial charge is 0.417 e. The third-order valence-electron chi connectivity index (χ3n) is 12.4. The quantitative estimate of drug-likeness (QED) is 0.171. The third-order valence-corrected chi connectivity index (χ3v) is 12.4. The minimum Gasteiger partial charge on any atom is -0.494 e. The second-order valence-electron chi connectivity index (χ2n) is 17.2. The number of hydrogen-bond donors (Lipinski definition) is 1. The summed E-state index contributed by atoms with van der Waals surface area (Å²) in [4.78, 5) is 77.5. The SMILES string of the molecule is CC1(C)C(Oc2ccc(C#N)c(C(F)(F)F)c2)C(C)(C)C1N1C(=O)CCC(N2C(=O)c3ccc(OCCCCCN4CCN(c5ccc(C(N)=O)nc5)CC4)cc3C2=O)C1=O. The van der Waals surface area contributed by atoms with Crippen LogP contribution in [0.1, 0.15) is 102 Å². The molecule has 1 aliphatic carbocycles. The molecule has 2 saturated heterocycles. The normalized spacial score (nSPS) is 22.5. The molecule has 0 radical (unpaired) electrons. The fourth-order valence-electron chi connectivity index (χ4n) is 9.80. The first-order chi connectivity index (χ1) is 28.8. The molecule has 0 spiro atoms. The Morgan fingerprint density at radius 2 is 1.57 bits per heavy atom. The average molecular weight is 844 g/mol.